The number of fused-ring (bicyclic) bond motifs is 1. The van der Waals surface area contributed by atoms with Crippen LogP contribution in [0.3, 0.4) is 0 Å². The first-order chi connectivity index (χ1) is 19.2. The van der Waals surface area contributed by atoms with E-state index in [0.717, 1.165) is 28.8 Å². The summed E-state index contributed by atoms with van der Waals surface area (Å²) in [5, 5.41) is 2.70. The molecule has 0 fully saturated rings. The average molecular weight is 549 g/mol. The second-order valence-electron chi connectivity index (χ2n) is 9.44. The number of ether oxygens (including phenoxy) is 1. The van der Waals surface area contributed by atoms with Gasteiger partial charge in [0.2, 0.25) is 5.91 Å². The average Bonchev–Trinajstić information content (AvgIpc) is 2.94. The van der Waals surface area contributed by atoms with Crippen LogP contribution in [0.1, 0.15) is 22.3 Å². The Morgan fingerprint density at radius 2 is 1.60 bits per heavy atom. The van der Waals surface area contributed by atoms with E-state index in [4.69, 9.17) is 4.74 Å². The molecule has 0 aliphatic carbocycles. The number of halogens is 4. The summed E-state index contributed by atoms with van der Waals surface area (Å²) >= 11 is 0. The molecule has 2 amide bonds. The van der Waals surface area contributed by atoms with Gasteiger partial charge in [-0.1, -0.05) is 48.5 Å². The van der Waals surface area contributed by atoms with Crippen LogP contribution in [0.4, 0.5) is 28.0 Å². The fourth-order valence-corrected chi connectivity index (χ4v) is 4.61. The highest BCUT2D eigenvalue weighted by Crippen LogP contribution is 2.34. The maximum absolute atomic E-state index is 13.1. The summed E-state index contributed by atoms with van der Waals surface area (Å²) in [6, 6.07) is 22.5. The van der Waals surface area contributed by atoms with Gasteiger partial charge < -0.3 is 9.64 Å². The zero-order valence-corrected chi connectivity index (χ0v) is 21.2. The van der Waals surface area contributed by atoms with E-state index in [9.17, 15) is 27.2 Å². The Morgan fingerprint density at radius 3 is 2.33 bits per heavy atom. The van der Waals surface area contributed by atoms with Gasteiger partial charge in [0.25, 0.3) is 0 Å². The lowest BCUT2D eigenvalue weighted by atomic mass is 9.98. The zero-order chi connectivity index (χ0) is 28.3. The molecule has 0 radical (unpaired) electrons. The van der Waals surface area contributed by atoms with Crippen LogP contribution in [0.15, 0.2) is 91.0 Å². The highest BCUT2D eigenvalue weighted by atomic mass is 19.4. The minimum Gasteiger partial charge on any atom is -0.409 e. The van der Waals surface area contributed by atoms with Crippen LogP contribution >= 0.6 is 0 Å². The Labute approximate surface area is 228 Å². The number of nitrogens with zero attached hydrogens (tertiary/aromatic N) is 1. The van der Waals surface area contributed by atoms with Crippen LogP contribution in [0.25, 0.3) is 11.1 Å². The van der Waals surface area contributed by atoms with E-state index in [2.05, 4.69) is 5.32 Å². The third-order valence-corrected chi connectivity index (χ3v) is 6.70. The van der Waals surface area contributed by atoms with Gasteiger partial charge in [0.1, 0.15) is 11.6 Å². The molecule has 4 aromatic rings. The molecule has 40 heavy (non-hydrogen) atoms. The number of benzene rings is 4. The van der Waals surface area contributed by atoms with Crippen LogP contribution in [-0.2, 0) is 30.4 Å². The summed E-state index contributed by atoms with van der Waals surface area (Å²) in [4.78, 5) is 27.2. The van der Waals surface area contributed by atoms with Gasteiger partial charge >= 0.3 is 12.3 Å². The fourth-order valence-electron chi connectivity index (χ4n) is 4.61. The minimum atomic E-state index is -4.44. The number of rotatable bonds is 5. The summed E-state index contributed by atoms with van der Waals surface area (Å²) in [7, 11) is 0. The van der Waals surface area contributed by atoms with Crippen LogP contribution in [0, 0.1) is 5.82 Å². The molecule has 5 nitrogen and oxygen atoms in total. The van der Waals surface area contributed by atoms with Gasteiger partial charge in [0.15, 0.2) is 0 Å². The number of alkyl halides is 3. The maximum atomic E-state index is 13.1. The van der Waals surface area contributed by atoms with Crippen molar-refractivity contribution < 1.29 is 31.9 Å². The maximum Gasteiger partial charge on any atom is 0.417 e. The molecule has 5 rings (SSSR count). The predicted octanol–water partition coefficient (Wildman–Crippen LogP) is 7.25. The molecule has 204 valence electrons. The van der Waals surface area contributed by atoms with Crippen LogP contribution in [0.5, 0.6) is 5.75 Å². The first-order valence-corrected chi connectivity index (χ1v) is 12.6. The van der Waals surface area contributed by atoms with E-state index >= 15 is 0 Å². The zero-order valence-electron chi connectivity index (χ0n) is 21.2. The summed E-state index contributed by atoms with van der Waals surface area (Å²) in [5.41, 5.74) is 3.40. The predicted molar refractivity (Wildman–Crippen MR) is 142 cm³/mol. The van der Waals surface area contributed by atoms with Crippen molar-refractivity contribution in [3.05, 3.63) is 119 Å². The number of para-hydroxylation sites is 1. The van der Waals surface area contributed by atoms with Crippen molar-refractivity contribution >= 4 is 17.7 Å². The highest BCUT2D eigenvalue weighted by Gasteiger charge is 2.30. The van der Waals surface area contributed by atoms with Crippen molar-refractivity contribution in [1.29, 1.82) is 0 Å². The SMILES string of the molecule is O=C(Nc1ccc2c(c1)CCN(C(=O)Cc1ccc(F)cc1)C2)Oc1ccccc1-c1ccc(C(F)(F)F)cc1. The number of hydrogen-bond acceptors (Lipinski definition) is 3. The summed E-state index contributed by atoms with van der Waals surface area (Å²) in [6.45, 7) is 0.946. The van der Waals surface area contributed by atoms with E-state index < -0.39 is 17.8 Å². The quantitative estimate of drug-likeness (QED) is 0.267. The van der Waals surface area contributed by atoms with E-state index in [-0.39, 0.29) is 23.9 Å². The molecule has 4 aromatic carbocycles. The number of hydrogen-bond donors (Lipinski definition) is 1. The second kappa shape index (κ2) is 11.2. The van der Waals surface area contributed by atoms with Gasteiger partial charge in [-0.25, -0.2) is 9.18 Å². The largest absolute Gasteiger partial charge is 0.417 e. The van der Waals surface area contributed by atoms with E-state index in [1.165, 1.54) is 24.3 Å². The minimum absolute atomic E-state index is 0.0465. The van der Waals surface area contributed by atoms with Gasteiger partial charge in [-0.3, -0.25) is 10.1 Å². The van der Waals surface area contributed by atoms with Crippen LogP contribution in [-0.4, -0.2) is 23.4 Å². The van der Waals surface area contributed by atoms with Gasteiger partial charge in [-0.15, -0.1) is 0 Å². The van der Waals surface area contributed by atoms with Crippen molar-refractivity contribution in [3.8, 4) is 16.9 Å². The van der Waals surface area contributed by atoms with Gasteiger partial charge in [-0.2, -0.15) is 13.2 Å². The monoisotopic (exact) mass is 548 g/mol. The number of nitrogens with one attached hydrogen (secondary N) is 1. The molecule has 0 saturated carbocycles. The second-order valence-corrected chi connectivity index (χ2v) is 9.44. The molecule has 1 aliphatic rings. The summed E-state index contributed by atoms with van der Waals surface area (Å²) in [5.74, 6) is -0.192. The molecular weight excluding hydrogens is 524 g/mol. The first kappa shape index (κ1) is 26.9. The number of carbonyl (C=O) groups excluding carboxylic acids is 2. The lowest BCUT2D eigenvalue weighted by Crippen LogP contribution is -2.37. The molecule has 0 spiro atoms. The molecule has 9 heteroatoms. The van der Waals surface area contributed by atoms with E-state index in [0.29, 0.717) is 36.3 Å². The molecule has 1 aliphatic heterocycles. The van der Waals surface area contributed by atoms with Crippen LogP contribution in [0.2, 0.25) is 0 Å². The van der Waals surface area contributed by atoms with Crippen molar-refractivity contribution in [3.63, 3.8) is 0 Å². The lowest BCUT2D eigenvalue weighted by Gasteiger charge is -2.29. The Balaban J connectivity index is 1.22. The van der Waals surface area contributed by atoms with E-state index in [1.807, 2.05) is 12.1 Å². The Hall–Kier alpha value is -4.66. The molecule has 0 aromatic heterocycles. The van der Waals surface area contributed by atoms with Crippen molar-refractivity contribution in [2.75, 3.05) is 11.9 Å². The van der Waals surface area contributed by atoms with Crippen LogP contribution < -0.4 is 10.1 Å². The lowest BCUT2D eigenvalue weighted by molar-refractivity contribution is -0.137. The smallest absolute Gasteiger partial charge is 0.409 e. The number of anilines is 1. The summed E-state index contributed by atoms with van der Waals surface area (Å²) in [6.07, 6.45) is -4.40. The molecule has 0 bridgehead atoms. The molecule has 0 unspecified atom stereocenters. The van der Waals surface area contributed by atoms with Gasteiger partial charge in [0, 0.05) is 24.3 Å². The number of amides is 2. The Kier molecular flexibility index (Phi) is 7.55. The highest BCUT2D eigenvalue weighted by molar-refractivity contribution is 5.88. The molecule has 1 heterocycles. The topological polar surface area (TPSA) is 58.6 Å². The Morgan fingerprint density at radius 1 is 0.875 bits per heavy atom. The molecule has 1 N–H and O–H groups in total. The van der Waals surface area contributed by atoms with Crippen molar-refractivity contribution in [1.82, 2.24) is 4.90 Å². The third kappa shape index (κ3) is 6.31. The van der Waals surface area contributed by atoms with Crippen molar-refractivity contribution in [2.24, 2.45) is 0 Å². The first-order valence-electron chi connectivity index (χ1n) is 12.6. The molecular formula is C31H24F4N2O3. The third-order valence-electron chi connectivity index (χ3n) is 6.70. The normalized spacial score (nSPS) is 12.9. The van der Waals surface area contributed by atoms with E-state index in [1.54, 1.807) is 47.4 Å². The van der Waals surface area contributed by atoms with Crippen molar-refractivity contribution in [2.45, 2.75) is 25.6 Å². The number of carbonyl (C=O) groups is 2. The molecule has 0 saturated heterocycles. The van der Waals surface area contributed by atoms with Gasteiger partial charge in [-0.05, 0) is 71.1 Å². The Bertz CT molecular complexity index is 1530. The summed E-state index contributed by atoms with van der Waals surface area (Å²) < 4.78 is 57.4. The van der Waals surface area contributed by atoms with Gasteiger partial charge in [0.05, 0.1) is 12.0 Å². The standard InChI is InChI=1S/C31H24F4N2O3/c32-25-12-5-20(6-13-25)17-29(38)37-16-15-22-18-26(14-9-23(22)19-37)36-30(39)40-28-4-2-1-3-27(28)21-7-10-24(11-8-21)31(33,34)35/h1-14,18H,15-17,19H2,(H,36,39). The molecule has 0 atom stereocenters. The fraction of sp³-hybridized carbons (Fsp3) is 0.161.